The summed E-state index contributed by atoms with van der Waals surface area (Å²) in [5.41, 5.74) is 1.83. The van der Waals surface area contributed by atoms with E-state index in [1.807, 2.05) is 6.92 Å². The Morgan fingerprint density at radius 2 is 1.51 bits per heavy atom. The van der Waals surface area contributed by atoms with Crippen molar-refractivity contribution in [3.8, 4) is 46.0 Å². The van der Waals surface area contributed by atoms with Gasteiger partial charge in [-0.15, -0.1) is 0 Å². The molecule has 0 radical (unpaired) electrons. The molecule has 7 N–H and O–H groups in total. The van der Waals surface area contributed by atoms with Gasteiger partial charge >= 0.3 is 0 Å². The second-order valence-electron chi connectivity index (χ2n) is 13.7. The molecule has 4 aromatic carbocycles. The molecule has 2 aliphatic rings. The molecule has 0 saturated carbocycles. The van der Waals surface area contributed by atoms with Crippen LogP contribution in [0.2, 0.25) is 0 Å². The summed E-state index contributed by atoms with van der Waals surface area (Å²) >= 11 is 0. The third-order valence-corrected chi connectivity index (χ3v) is 9.40. The number of phenols is 6. The van der Waals surface area contributed by atoms with Crippen molar-refractivity contribution >= 4 is 5.78 Å². The van der Waals surface area contributed by atoms with Crippen LogP contribution in [-0.4, -0.2) is 47.1 Å². The maximum atomic E-state index is 14.1. The number of carbonyl (C=O) groups excluding carboxylic acids is 1. The lowest BCUT2D eigenvalue weighted by Crippen LogP contribution is -2.24. The van der Waals surface area contributed by atoms with Gasteiger partial charge in [-0.25, -0.2) is 0 Å². The molecule has 256 valence electrons. The minimum atomic E-state index is -0.957. The van der Waals surface area contributed by atoms with Crippen molar-refractivity contribution in [3.63, 3.8) is 0 Å². The number of fused-ring (bicyclic) bond motifs is 2. The predicted molar refractivity (Wildman–Crippen MR) is 181 cm³/mol. The molecule has 0 bridgehead atoms. The number of aromatic hydroxyl groups is 6. The number of hydrogen-bond donors (Lipinski definition) is 7. The molecule has 2 aliphatic heterocycles. The minimum absolute atomic E-state index is 0.0310. The molecule has 1 unspecified atom stereocenters. The number of aliphatic hydroxyl groups is 1. The van der Waals surface area contributed by atoms with Gasteiger partial charge in [-0.2, -0.15) is 0 Å². The molecule has 0 spiro atoms. The van der Waals surface area contributed by atoms with Crippen molar-refractivity contribution in [2.75, 3.05) is 0 Å². The van der Waals surface area contributed by atoms with Gasteiger partial charge in [0.25, 0.3) is 0 Å². The van der Waals surface area contributed by atoms with Crippen LogP contribution in [0.15, 0.2) is 72.8 Å². The first-order valence-electron chi connectivity index (χ1n) is 16.1. The normalized spacial score (nSPS) is 19.0. The maximum absolute atomic E-state index is 14.1. The van der Waals surface area contributed by atoms with E-state index in [9.17, 15) is 40.5 Å². The number of hydrogen-bond acceptors (Lipinski definition) is 10. The fraction of sp³-hybridized carbons (Fsp3) is 0.308. The molecular weight excluding hydrogens is 628 g/mol. The van der Waals surface area contributed by atoms with Crippen LogP contribution in [-0.2, 0) is 6.42 Å². The number of ether oxygens (including phenoxy) is 2. The van der Waals surface area contributed by atoms with Crippen LogP contribution in [0.25, 0.3) is 0 Å². The van der Waals surface area contributed by atoms with E-state index in [-0.39, 0.29) is 81.4 Å². The minimum Gasteiger partial charge on any atom is -0.508 e. The van der Waals surface area contributed by atoms with Gasteiger partial charge in [0.05, 0.1) is 17.9 Å². The van der Waals surface area contributed by atoms with E-state index in [1.165, 1.54) is 42.5 Å². The van der Waals surface area contributed by atoms with Crippen molar-refractivity contribution in [1.82, 2.24) is 0 Å². The van der Waals surface area contributed by atoms with Crippen molar-refractivity contribution in [2.45, 2.75) is 70.2 Å². The summed E-state index contributed by atoms with van der Waals surface area (Å²) in [6, 6.07) is 14.5. The molecular formula is C39H40O10. The Balaban J connectivity index is 1.59. The van der Waals surface area contributed by atoms with E-state index in [0.717, 1.165) is 11.6 Å². The second kappa shape index (κ2) is 12.6. The average Bonchev–Trinajstić information content (AvgIpc) is 3.40. The van der Waals surface area contributed by atoms with Gasteiger partial charge in [-0.3, -0.25) is 4.79 Å². The third-order valence-electron chi connectivity index (χ3n) is 9.40. The fourth-order valence-corrected chi connectivity index (χ4v) is 6.90. The van der Waals surface area contributed by atoms with Crippen molar-refractivity contribution in [2.24, 2.45) is 5.92 Å². The maximum Gasteiger partial charge on any atom is 0.174 e. The Morgan fingerprint density at radius 1 is 0.857 bits per heavy atom. The molecule has 4 aromatic rings. The zero-order valence-electron chi connectivity index (χ0n) is 27.5. The van der Waals surface area contributed by atoms with Crippen LogP contribution in [0, 0.1) is 5.92 Å². The van der Waals surface area contributed by atoms with E-state index in [2.05, 4.69) is 6.58 Å². The Labute approximate surface area is 283 Å². The molecule has 6 rings (SSSR count). The van der Waals surface area contributed by atoms with Crippen LogP contribution >= 0.6 is 0 Å². The largest absolute Gasteiger partial charge is 0.508 e. The van der Waals surface area contributed by atoms with Crippen molar-refractivity contribution in [3.05, 3.63) is 106 Å². The fourth-order valence-electron chi connectivity index (χ4n) is 6.90. The standard InChI is InChI=1S/C39H40O10/c1-19(2)21(11-12-39(3,4)47)15-28-37-33(30(45)18-31(48-37)27-10-9-24(41)17-29(27)44)35(46)34-32(22-13-25(42)16-26(43)14-22)36(49-38(28)34)20-5-7-23(40)8-6-20/h5-10,13-14,16-17,21,31-32,36,40-44,46-47H,1,11-12,15,18H2,2-4H3/t21?,31-,32-,36+/m0/s1. The smallest absolute Gasteiger partial charge is 0.174 e. The van der Waals surface area contributed by atoms with Gasteiger partial charge < -0.3 is 45.2 Å². The first kappa shape index (κ1) is 33.5. The summed E-state index contributed by atoms with van der Waals surface area (Å²) in [6.45, 7) is 9.53. The Morgan fingerprint density at radius 3 is 2.12 bits per heavy atom. The number of ketones is 1. The third kappa shape index (κ3) is 6.56. The number of benzene rings is 4. The van der Waals surface area contributed by atoms with Gasteiger partial charge in [0, 0.05) is 28.8 Å². The summed E-state index contributed by atoms with van der Waals surface area (Å²) in [7, 11) is 0. The second-order valence-corrected chi connectivity index (χ2v) is 13.7. The molecule has 0 saturated heterocycles. The van der Waals surface area contributed by atoms with E-state index in [1.54, 1.807) is 26.0 Å². The molecule has 10 heteroatoms. The number of Topliss-reactive ketones (excluding diaryl/α,β-unsaturated/α-hetero) is 1. The topological polar surface area (TPSA) is 177 Å². The van der Waals surface area contributed by atoms with Crippen LogP contribution in [0.5, 0.6) is 46.0 Å². The lowest BCUT2D eigenvalue weighted by atomic mass is 9.79. The summed E-state index contributed by atoms with van der Waals surface area (Å²) in [5.74, 6) is -2.34. The molecule has 4 atom stereocenters. The summed E-state index contributed by atoms with van der Waals surface area (Å²) in [4.78, 5) is 14.1. The van der Waals surface area contributed by atoms with E-state index < -0.39 is 29.5 Å². The number of carbonyl (C=O) groups is 1. The van der Waals surface area contributed by atoms with Gasteiger partial charge in [0.15, 0.2) is 5.78 Å². The zero-order chi connectivity index (χ0) is 35.4. The Bertz CT molecular complexity index is 1920. The van der Waals surface area contributed by atoms with E-state index in [4.69, 9.17) is 9.47 Å². The highest BCUT2D eigenvalue weighted by Crippen LogP contribution is 2.60. The molecule has 0 aliphatic carbocycles. The van der Waals surface area contributed by atoms with Gasteiger partial charge in [-0.05, 0) is 93.5 Å². The molecule has 0 aromatic heterocycles. The molecule has 10 nitrogen and oxygen atoms in total. The number of phenolic OH excluding ortho intramolecular Hbond substituents is 6. The monoisotopic (exact) mass is 668 g/mol. The zero-order valence-corrected chi connectivity index (χ0v) is 27.5. The van der Waals surface area contributed by atoms with Crippen molar-refractivity contribution in [1.29, 1.82) is 0 Å². The van der Waals surface area contributed by atoms with E-state index >= 15 is 0 Å². The number of allylic oxidation sites excluding steroid dienone is 1. The Hall–Kier alpha value is -5.35. The average molecular weight is 669 g/mol. The quantitative estimate of drug-likeness (QED) is 0.0904. The first-order chi connectivity index (χ1) is 23.1. The highest BCUT2D eigenvalue weighted by molar-refractivity contribution is 6.04. The van der Waals surface area contributed by atoms with Gasteiger partial charge in [0.2, 0.25) is 0 Å². The van der Waals surface area contributed by atoms with Crippen LogP contribution in [0.1, 0.15) is 96.3 Å². The van der Waals surface area contributed by atoms with Crippen LogP contribution in [0.4, 0.5) is 0 Å². The molecule has 0 fully saturated rings. The molecule has 2 heterocycles. The lowest BCUT2D eigenvalue weighted by molar-refractivity contribution is 0.0650. The summed E-state index contributed by atoms with van der Waals surface area (Å²) < 4.78 is 13.3. The van der Waals surface area contributed by atoms with Crippen LogP contribution < -0.4 is 9.47 Å². The van der Waals surface area contributed by atoms with E-state index in [0.29, 0.717) is 29.5 Å². The summed E-state index contributed by atoms with van der Waals surface area (Å²) in [5, 5.41) is 74.2. The SMILES string of the molecule is C=C(C)C(CCC(C)(C)O)Cc1c2c(c(O)c3c1O[C@H](c1ccc(O)cc1)[C@H]3c1cc(O)cc(O)c1)C(=O)C[C@@H](c1ccc(O)cc1O)O2. The lowest BCUT2D eigenvalue weighted by Gasteiger charge is -2.31. The highest BCUT2D eigenvalue weighted by Gasteiger charge is 2.46. The van der Waals surface area contributed by atoms with Gasteiger partial charge in [0.1, 0.15) is 63.8 Å². The summed E-state index contributed by atoms with van der Waals surface area (Å²) in [6.07, 6.45) is -0.789. The predicted octanol–water partition coefficient (Wildman–Crippen LogP) is 7.18. The number of rotatable bonds is 9. The Kier molecular flexibility index (Phi) is 8.62. The first-order valence-corrected chi connectivity index (χ1v) is 16.1. The van der Waals surface area contributed by atoms with Crippen molar-refractivity contribution < 1.29 is 50.0 Å². The van der Waals surface area contributed by atoms with Crippen LogP contribution in [0.3, 0.4) is 0 Å². The molecule has 0 amide bonds. The highest BCUT2D eigenvalue weighted by atomic mass is 16.5. The molecule has 49 heavy (non-hydrogen) atoms. The van der Waals surface area contributed by atoms with Gasteiger partial charge in [-0.1, -0.05) is 24.3 Å².